The van der Waals surface area contributed by atoms with Gasteiger partial charge in [0.25, 0.3) is 0 Å². The molecule has 1 fully saturated rings. The Morgan fingerprint density at radius 1 is 0.872 bits per heavy atom. The second-order valence-corrected chi connectivity index (χ2v) is 11.8. The molecule has 4 rings (SSSR count). The molecule has 0 heterocycles. The number of nitrogens with zero attached hydrogens (tertiary/aromatic N) is 1. The molecule has 0 saturated heterocycles. The molecule has 2 N–H and O–H groups in total. The van der Waals surface area contributed by atoms with Gasteiger partial charge in [-0.2, -0.15) is 0 Å². The number of amides is 2. The maximum atomic E-state index is 13.7. The lowest BCUT2D eigenvalue weighted by molar-refractivity contribution is -0.141. The van der Waals surface area contributed by atoms with E-state index < -0.39 is 16.1 Å². The quantitative estimate of drug-likeness (QED) is 0.316. The summed E-state index contributed by atoms with van der Waals surface area (Å²) in [5, 5.41) is 2.99. The normalized spacial score (nSPS) is 14.0. The van der Waals surface area contributed by atoms with E-state index in [-0.39, 0.29) is 29.2 Å². The van der Waals surface area contributed by atoms with Crippen LogP contribution in [0.3, 0.4) is 0 Å². The molecular formula is C31H37N3O4S. The first-order valence-corrected chi connectivity index (χ1v) is 15.1. The summed E-state index contributed by atoms with van der Waals surface area (Å²) >= 11 is 0. The molecular weight excluding hydrogens is 510 g/mol. The van der Waals surface area contributed by atoms with E-state index >= 15 is 0 Å². The van der Waals surface area contributed by atoms with Gasteiger partial charge in [0.05, 0.1) is 4.90 Å². The number of carbonyl (C=O) groups is 2. The highest BCUT2D eigenvalue weighted by Crippen LogP contribution is 2.23. The summed E-state index contributed by atoms with van der Waals surface area (Å²) in [4.78, 5) is 29.0. The van der Waals surface area contributed by atoms with Crippen molar-refractivity contribution in [2.75, 3.05) is 6.54 Å². The fourth-order valence-electron chi connectivity index (χ4n) is 4.42. The number of hydrogen-bond donors (Lipinski definition) is 2. The van der Waals surface area contributed by atoms with E-state index in [9.17, 15) is 18.0 Å². The molecule has 1 saturated carbocycles. The van der Waals surface area contributed by atoms with E-state index in [2.05, 4.69) is 10.0 Å². The fourth-order valence-corrected chi connectivity index (χ4v) is 5.72. The van der Waals surface area contributed by atoms with E-state index in [0.717, 1.165) is 36.0 Å². The number of benzene rings is 3. The predicted molar refractivity (Wildman–Crippen MR) is 152 cm³/mol. The number of hydrogen-bond acceptors (Lipinski definition) is 4. The van der Waals surface area contributed by atoms with Gasteiger partial charge in [-0.05, 0) is 54.5 Å². The van der Waals surface area contributed by atoms with Gasteiger partial charge in [-0.1, -0.05) is 79.7 Å². The van der Waals surface area contributed by atoms with Crippen molar-refractivity contribution in [1.82, 2.24) is 14.9 Å². The summed E-state index contributed by atoms with van der Waals surface area (Å²) in [5.74, 6) is -0.291. The third-order valence-electron chi connectivity index (χ3n) is 6.78. The van der Waals surface area contributed by atoms with Crippen LogP contribution in [0.2, 0.25) is 0 Å². The third kappa shape index (κ3) is 8.50. The van der Waals surface area contributed by atoms with Crippen molar-refractivity contribution in [2.24, 2.45) is 0 Å². The molecule has 0 aromatic heterocycles. The summed E-state index contributed by atoms with van der Waals surface area (Å²) in [5.41, 5.74) is 2.80. The first kappa shape index (κ1) is 28.5. The van der Waals surface area contributed by atoms with Crippen molar-refractivity contribution in [1.29, 1.82) is 0 Å². The SMILES string of the molecule is CCCNC(=O)C(Cc1ccccc1)N(Cc1ccccc1)C(=O)CCc1ccc(S(=O)(=O)NC2CC2)cc1. The molecule has 1 unspecified atom stereocenters. The number of sulfonamides is 1. The van der Waals surface area contributed by atoms with Crippen molar-refractivity contribution in [3.05, 3.63) is 102 Å². The van der Waals surface area contributed by atoms with Crippen LogP contribution in [0.4, 0.5) is 0 Å². The second-order valence-electron chi connectivity index (χ2n) is 10.0. The first-order valence-electron chi connectivity index (χ1n) is 13.6. The Kier molecular flexibility index (Phi) is 9.90. The van der Waals surface area contributed by atoms with Gasteiger partial charge in [-0.15, -0.1) is 0 Å². The van der Waals surface area contributed by atoms with Crippen LogP contribution < -0.4 is 10.0 Å². The monoisotopic (exact) mass is 547 g/mol. The van der Waals surface area contributed by atoms with Crippen molar-refractivity contribution >= 4 is 21.8 Å². The van der Waals surface area contributed by atoms with Gasteiger partial charge in [0.15, 0.2) is 0 Å². The minimum absolute atomic E-state index is 0.0428. The average molecular weight is 548 g/mol. The molecule has 7 nitrogen and oxygen atoms in total. The predicted octanol–water partition coefficient (Wildman–Crippen LogP) is 4.23. The Hall–Kier alpha value is -3.49. The molecule has 0 spiro atoms. The van der Waals surface area contributed by atoms with Crippen LogP contribution in [0.15, 0.2) is 89.8 Å². The van der Waals surface area contributed by atoms with Crippen LogP contribution in [-0.2, 0) is 39.0 Å². The molecule has 0 radical (unpaired) electrons. The minimum atomic E-state index is -3.52. The van der Waals surface area contributed by atoms with Crippen LogP contribution in [0.5, 0.6) is 0 Å². The standard InChI is InChI=1S/C31H37N3O4S/c1-2-21-32-31(36)29(22-25-9-5-3-6-10-25)34(23-26-11-7-4-8-12-26)30(35)20-15-24-13-18-28(19-14-24)39(37,38)33-27-16-17-27/h3-14,18-19,27,29,33H,2,15-17,20-23H2,1H3,(H,32,36). The van der Waals surface area contributed by atoms with E-state index in [4.69, 9.17) is 0 Å². The summed E-state index contributed by atoms with van der Waals surface area (Å²) < 4.78 is 27.6. The van der Waals surface area contributed by atoms with Crippen molar-refractivity contribution in [3.63, 3.8) is 0 Å². The van der Waals surface area contributed by atoms with Crippen molar-refractivity contribution < 1.29 is 18.0 Å². The Morgan fingerprint density at radius 3 is 2.08 bits per heavy atom. The summed E-state index contributed by atoms with van der Waals surface area (Å²) in [6, 6.07) is 25.5. The van der Waals surface area contributed by atoms with Crippen LogP contribution in [0.25, 0.3) is 0 Å². The van der Waals surface area contributed by atoms with Gasteiger partial charge in [-0.25, -0.2) is 13.1 Å². The highest BCUT2D eigenvalue weighted by atomic mass is 32.2. The Morgan fingerprint density at radius 2 is 1.49 bits per heavy atom. The lowest BCUT2D eigenvalue weighted by atomic mass is 10.0. The summed E-state index contributed by atoms with van der Waals surface area (Å²) in [7, 11) is -3.52. The summed E-state index contributed by atoms with van der Waals surface area (Å²) in [6.07, 6.45) is 3.61. The Bertz CT molecular complexity index is 1330. The van der Waals surface area contributed by atoms with Gasteiger partial charge in [-0.3, -0.25) is 9.59 Å². The fraction of sp³-hybridized carbons (Fsp3) is 0.355. The van der Waals surface area contributed by atoms with Gasteiger partial charge in [0, 0.05) is 32.0 Å². The average Bonchev–Trinajstić information content (AvgIpc) is 3.77. The largest absolute Gasteiger partial charge is 0.354 e. The molecule has 0 bridgehead atoms. The van der Waals surface area contributed by atoms with Crippen molar-refractivity contribution in [2.45, 2.75) is 69.0 Å². The Balaban J connectivity index is 1.51. The number of aryl methyl sites for hydroxylation is 1. The molecule has 3 aromatic rings. The van der Waals surface area contributed by atoms with E-state index in [1.165, 1.54) is 0 Å². The first-order chi connectivity index (χ1) is 18.9. The molecule has 1 aliphatic carbocycles. The van der Waals surface area contributed by atoms with E-state index in [1.807, 2.05) is 67.6 Å². The highest BCUT2D eigenvalue weighted by molar-refractivity contribution is 7.89. The topological polar surface area (TPSA) is 95.6 Å². The smallest absolute Gasteiger partial charge is 0.243 e. The minimum Gasteiger partial charge on any atom is -0.354 e. The maximum absolute atomic E-state index is 13.7. The zero-order valence-electron chi connectivity index (χ0n) is 22.4. The second kappa shape index (κ2) is 13.5. The van der Waals surface area contributed by atoms with Crippen molar-refractivity contribution in [3.8, 4) is 0 Å². The number of carbonyl (C=O) groups excluding carboxylic acids is 2. The zero-order valence-corrected chi connectivity index (χ0v) is 23.2. The molecule has 1 atom stereocenters. The van der Waals surface area contributed by atoms with Gasteiger partial charge >= 0.3 is 0 Å². The lowest BCUT2D eigenvalue weighted by Crippen LogP contribution is -2.50. The Labute approximate surface area is 231 Å². The zero-order chi connectivity index (χ0) is 27.7. The van der Waals surface area contributed by atoms with Gasteiger partial charge < -0.3 is 10.2 Å². The molecule has 3 aromatic carbocycles. The molecule has 206 valence electrons. The van der Waals surface area contributed by atoms with Gasteiger partial charge in [0.1, 0.15) is 6.04 Å². The molecule has 8 heteroatoms. The van der Waals surface area contributed by atoms with Gasteiger partial charge in [0.2, 0.25) is 21.8 Å². The molecule has 2 amide bonds. The maximum Gasteiger partial charge on any atom is 0.243 e. The molecule has 1 aliphatic rings. The van der Waals surface area contributed by atoms with E-state index in [0.29, 0.717) is 25.9 Å². The van der Waals surface area contributed by atoms with E-state index in [1.54, 1.807) is 29.2 Å². The number of rotatable bonds is 14. The molecule has 0 aliphatic heterocycles. The third-order valence-corrected chi connectivity index (χ3v) is 8.31. The molecule has 39 heavy (non-hydrogen) atoms. The lowest BCUT2D eigenvalue weighted by Gasteiger charge is -2.31. The summed E-state index contributed by atoms with van der Waals surface area (Å²) in [6.45, 7) is 2.86. The number of nitrogens with one attached hydrogen (secondary N) is 2. The van der Waals surface area contributed by atoms with Crippen LogP contribution in [0, 0.1) is 0 Å². The van der Waals surface area contributed by atoms with Crippen LogP contribution in [-0.4, -0.2) is 43.8 Å². The van der Waals surface area contributed by atoms with Crippen LogP contribution >= 0.6 is 0 Å². The van der Waals surface area contributed by atoms with Crippen LogP contribution in [0.1, 0.15) is 49.3 Å². The highest BCUT2D eigenvalue weighted by Gasteiger charge is 2.30.